The van der Waals surface area contributed by atoms with Gasteiger partial charge in [-0.25, -0.2) is 0 Å². The van der Waals surface area contributed by atoms with E-state index in [9.17, 15) is 4.79 Å². The Hall–Kier alpha value is -1.39. The predicted octanol–water partition coefficient (Wildman–Crippen LogP) is 0.524. The third-order valence-electron chi connectivity index (χ3n) is 2.33. The number of hydrogen-bond donors (Lipinski definition) is 2. The number of carbonyl (C=O) groups is 1. The third kappa shape index (κ3) is 4.00. The van der Waals surface area contributed by atoms with Gasteiger partial charge in [-0.3, -0.25) is 4.79 Å². The van der Waals surface area contributed by atoms with E-state index < -0.39 is 0 Å². The Balaban J connectivity index is 2.40. The minimum Gasteiger partial charge on any atom is -0.384 e. The average molecular weight is 222 g/mol. The minimum absolute atomic E-state index is 0.0618. The summed E-state index contributed by atoms with van der Waals surface area (Å²) in [4.78, 5) is 11.7. The molecule has 0 radical (unpaired) electrons. The first-order chi connectivity index (χ1) is 7.77. The zero-order valence-corrected chi connectivity index (χ0v) is 9.48. The van der Waals surface area contributed by atoms with Gasteiger partial charge in [-0.05, 0) is 5.56 Å². The van der Waals surface area contributed by atoms with Gasteiger partial charge < -0.3 is 15.8 Å². The first-order valence-corrected chi connectivity index (χ1v) is 5.28. The first kappa shape index (κ1) is 12.7. The van der Waals surface area contributed by atoms with Crippen LogP contribution in [0.25, 0.3) is 0 Å². The lowest BCUT2D eigenvalue weighted by molar-refractivity contribution is -0.126. The number of nitrogens with two attached hydrogens (primary N) is 1. The zero-order chi connectivity index (χ0) is 11.8. The number of benzene rings is 1. The fourth-order valence-electron chi connectivity index (χ4n) is 1.38. The fraction of sp³-hybridized carbons (Fsp3) is 0.417. The quantitative estimate of drug-likeness (QED) is 0.737. The molecule has 3 N–H and O–H groups in total. The normalized spacial score (nSPS) is 12.1. The van der Waals surface area contributed by atoms with Gasteiger partial charge in [-0.15, -0.1) is 0 Å². The van der Waals surface area contributed by atoms with E-state index in [0.717, 1.165) is 5.56 Å². The average Bonchev–Trinajstić information content (AvgIpc) is 2.34. The molecule has 0 fully saturated rings. The van der Waals surface area contributed by atoms with Crippen molar-refractivity contribution in [1.82, 2.24) is 5.32 Å². The number of hydrogen-bond acceptors (Lipinski definition) is 3. The third-order valence-corrected chi connectivity index (χ3v) is 2.33. The van der Waals surface area contributed by atoms with E-state index in [4.69, 9.17) is 10.5 Å². The van der Waals surface area contributed by atoms with Gasteiger partial charge in [0.2, 0.25) is 5.91 Å². The van der Waals surface area contributed by atoms with Crippen LogP contribution in [0.15, 0.2) is 30.3 Å². The van der Waals surface area contributed by atoms with E-state index in [1.165, 1.54) is 0 Å². The number of ether oxygens (including phenoxy) is 1. The van der Waals surface area contributed by atoms with Gasteiger partial charge in [0.1, 0.15) is 0 Å². The number of rotatable bonds is 6. The summed E-state index contributed by atoms with van der Waals surface area (Å²) in [6, 6.07) is 9.76. The van der Waals surface area contributed by atoms with Crippen LogP contribution in [-0.4, -0.2) is 26.2 Å². The second kappa shape index (κ2) is 6.98. The lowest BCUT2D eigenvalue weighted by Gasteiger charge is -2.13. The van der Waals surface area contributed by atoms with Crippen molar-refractivity contribution >= 4 is 5.91 Å². The topological polar surface area (TPSA) is 64.3 Å². The van der Waals surface area contributed by atoms with Gasteiger partial charge in [0, 0.05) is 20.2 Å². The van der Waals surface area contributed by atoms with Crippen molar-refractivity contribution in [3.63, 3.8) is 0 Å². The number of methoxy groups -OCH3 is 1. The van der Waals surface area contributed by atoms with Gasteiger partial charge >= 0.3 is 0 Å². The van der Waals surface area contributed by atoms with Gasteiger partial charge in [0.15, 0.2) is 0 Å². The summed E-state index contributed by atoms with van der Waals surface area (Å²) < 4.78 is 4.93. The Bertz CT molecular complexity index is 314. The largest absolute Gasteiger partial charge is 0.384 e. The van der Waals surface area contributed by atoms with Crippen molar-refractivity contribution in [3.8, 4) is 0 Å². The van der Waals surface area contributed by atoms with Crippen LogP contribution in [0.3, 0.4) is 0 Å². The summed E-state index contributed by atoms with van der Waals surface area (Å²) in [5.41, 5.74) is 6.56. The highest BCUT2D eigenvalue weighted by atomic mass is 16.5. The van der Waals surface area contributed by atoms with Crippen molar-refractivity contribution in [2.24, 2.45) is 11.7 Å². The molecule has 0 aliphatic heterocycles. The second-order valence-electron chi connectivity index (χ2n) is 3.59. The zero-order valence-electron chi connectivity index (χ0n) is 9.48. The van der Waals surface area contributed by atoms with Crippen LogP contribution < -0.4 is 11.1 Å². The standard InChI is InChI=1S/C12H18N2O2/c1-16-9-11(7-13)12(15)14-8-10-5-3-2-4-6-10/h2-6,11H,7-9,13H2,1H3,(H,14,15). The smallest absolute Gasteiger partial charge is 0.226 e. The monoisotopic (exact) mass is 222 g/mol. The molecule has 16 heavy (non-hydrogen) atoms. The molecule has 88 valence electrons. The van der Waals surface area contributed by atoms with Gasteiger partial charge in [-0.1, -0.05) is 30.3 Å². The maximum absolute atomic E-state index is 11.7. The Kier molecular flexibility index (Phi) is 5.53. The Morgan fingerprint density at radius 2 is 2.12 bits per heavy atom. The Morgan fingerprint density at radius 1 is 1.44 bits per heavy atom. The van der Waals surface area contributed by atoms with Crippen LogP contribution in [0.4, 0.5) is 0 Å². The van der Waals surface area contributed by atoms with E-state index in [1.54, 1.807) is 7.11 Å². The maximum atomic E-state index is 11.7. The first-order valence-electron chi connectivity index (χ1n) is 5.28. The van der Waals surface area contributed by atoms with Gasteiger partial charge in [0.25, 0.3) is 0 Å². The van der Waals surface area contributed by atoms with Crippen LogP contribution in [0.5, 0.6) is 0 Å². The van der Waals surface area contributed by atoms with E-state index in [1.807, 2.05) is 30.3 Å². The van der Waals surface area contributed by atoms with E-state index in [-0.39, 0.29) is 11.8 Å². The molecule has 0 saturated heterocycles. The predicted molar refractivity (Wildman–Crippen MR) is 62.7 cm³/mol. The maximum Gasteiger partial charge on any atom is 0.226 e. The van der Waals surface area contributed by atoms with Crippen molar-refractivity contribution in [3.05, 3.63) is 35.9 Å². The van der Waals surface area contributed by atoms with Crippen molar-refractivity contribution in [2.75, 3.05) is 20.3 Å². The highest BCUT2D eigenvalue weighted by molar-refractivity contribution is 5.78. The van der Waals surface area contributed by atoms with E-state index in [2.05, 4.69) is 5.32 Å². The van der Waals surface area contributed by atoms with Crippen LogP contribution in [-0.2, 0) is 16.1 Å². The summed E-state index contributed by atoms with van der Waals surface area (Å²) in [7, 11) is 1.56. The van der Waals surface area contributed by atoms with Crippen molar-refractivity contribution in [1.29, 1.82) is 0 Å². The number of amides is 1. The minimum atomic E-state index is -0.270. The van der Waals surface area contributed by atoms with E-state index in [0.29, 0.717) is 19.7 Å². The lowest BCUT2D eigenvalue weighted by Crippen LogP contribution is -2.37. The SMILES string of the molecule is COCC(CN)C(=O)NCc1ccccc1. The highest BCUT2D eigenvalue weighted by Crippen LogP contribution is 1.99. The van der Waals surface area contributed by atoms with Crippen LogP contribution >= 0.6 is 0 Å². The van der Waals surface area contributed by atoms with Crippen molar-refractivity contribution < 1.29 is 9.53 Å². The van der Waals surface area contributed by atoms with Crippen molar-refractivity contribution in [2.45, 2.75) is 6.54 Å². The molecule has 1 unspecified atom stereocenters. The summed E-state index contributed by atoms with van der Waals surface area (Å²) >= 11 is 0. The Morgan fingerprint density at radius 3 is 2.69 bits per heavy atom. The van der Waals surface area contributed by atoms with Crippen LogP contribution in [0, 0.1) is 5.92 Å². The molecule has 0 aliphatic rings. The molecule has 0 spiro atoms. The summed E-state index contributed by atoms with van der Waals surface area (Å²) in [6.07, 6.45) is 0. The fourth-order valence-corrected chi connectivity index (χ4v) is 1.38. The molecule has 4 heteroatoms. The van der Waals surface area contributed by atoms with Gasteiger partial charge in [-0.2, -0.15) is 0 Å². The molecular formula is C12H18N2O2. The van der Waals surface area contributed by atoms with Crippen LogP contribution in [0.1, 0.15) is 5.56 Å². The lowest BCUT2D eigenvalue weighted by atomic mass is 10.1. The molecule has 0 bridgehead atoms. The number of carbonyl (C=O) groups excluding carboxylic acids is 1. The molecule has 1 rings (SSSR count). The Labute approximate surface area is 95.8 Å². The second-order valence-corrected chi connectivity index (χ2v) is 3.59. The van der Waals surface area contributed by atoms with Crippen LogP contribution in [0.2, 0.25) is 0 Å². The summed E-state index contributed by atoms with van der Waals surface area (Å²) in [6.45, 7) is 1.19. The summed E-state index contributed by atoms with van der Waals surface area (Å²) in [5, 5.41) is 2.84. The molecule has 0 heterocycles. The number of nitrogens with one attached hydrogen (secondary N) is 1. The van der Waals surface area contributed by atoms with E-state index >= 15 is 0 Å². The molecule has 4 nitrogen and oxygen atoms in total. The summed E-state index contributed by atoms with van der Waals surface area (Å²) in [5.74, 6) is -0.332. The molecule has 1 aromatic rings. The molecular weight excluding hydrogens is 204 g/mol. The molecule has 0 saturated carbocycles. The molecule has 0 aromatic heterocycles. The molecule has 0 aliphatic carbocycles. The molecule has 1 atom stereocenters. The molecule has 1 amide bonds. The van der Waals surface area contributed by atoms with Gasteiger partial charge in [0.05, 0.1) is 12.5 Å². The highest BCUT2D eigenvalue weighted by Gasteiger charge is 2.15. The molecule has 1 aromatic carbocycles.